The van der Waals surface area contributed by atoms with E-state index in [1.54, 1.807) is 19.1 Å². The number of hydrogen-bond donors (Lipinski definition) is 2. The molecular formula is C16H26N2O4S. The lowest BCUT2D eigenvalue weighted by Crippen LogP contribution is -2.37. The third-order valence-electron chi connectivity index (χ3n) is 3.36. The lowest BCUT2D eigenvalue weighted by Gasteiger charge is -2.13. The molecule has 0 radical (unpaired) electrons. The highest BCUT2D eigenvalue weighted by molar-refractivity contribution is 7.91. The van der Waals surface area contributed by atoms with Crippen molar-refractivity contribution in [3.05, 3.63) is 24.3 Å². The highest BCUT2D eigenvalue weighted by Gasteiger charge is 2.23. The fourth-order valence-electron chi connectivity index (χ4n) is 2.03. The molecule has 0 aromatic heterocycles. The van der Waals surface area contributed by atoms with Crippen LogP contribution in [-0.4, -0.2) is 46.8 Å². The summed E-state index contributed by atoms with van der Waals surface area (Å²) in [5, 5.41) is 5.92. The Morgan fingerprint density at radius 1 is 1.17 bits per heavy atom. The topological polar surface area (TPSA) is 84.5 Å². The van der Waals surface area contributed by atoms with E-state index in [9.17, 15) is 13.2 Å². The van der Waals surface area contributed by atoms with Gasteiger partial charge in [0.15, 0.2) is 9.84 Å². The Kier molecular flexibility index (Phi) is 8.05. The van der Waals surface area contributed by atoms with Crippen LogP contribution >= 0.6 is 0 Å². The molecule has 6 nitrogen and oxygen atoms in total. The minimum absolute atomic E-state index is 0.197. The summed E-state index contributed by atoms with van der Waals surface area (Å²) in [4.78, 5) is 12.2. The fourth-order valence-corrected chi connectivity index (χ4v) is 3.59. The number of nitrogens with one attached hydrogen (secondary N) is 2. The van der Waals surface area contributed by atoms with Crippen LogP contribution < -0.4 is 15.4 Å². The molecule has 0 heterocycles. The molecule has 1 rings (SSSR count). The first kappa shape index (κ1) is 19.4. The minimum atomic E-state index is -3.50. The zero-order valence-electron chi connectivity index (χ0n) is 14.0. The van der Waals surface area contributed by atoms with Crippen molar-refractivity contribution >= 4 is 15.7 Å². The second-order valence-electron chi connectivity index (χ2n) is 5.40. The van der Waals surface area contributed by atoms with Gasteiger partial charge < -0.3 is 15.4 Å². The molecule has 7 heteroatoms. The van der Waals surface area contributed by atoms with Crippen LogP contribution in [-0.2, 0) is 14.6 Å². The van der Waals surface area contributed by atoms with Gasteiger partial charge in [-0.1, -0.05) is 13.8 Å². The number of methoxy groups -OCH3 is 1. The van der Waals surface area contributed by atoms with E-state index in [0.717, 1.165) is 13.0 Å². The van der Waals surface area contributed by atoms with Crippen molar-refractivity contribution in [1.29, 1.82) is 0 Å². The van der Waals surface area contributed by atoms with Crippen LogP contribution in [0.3, 0.4) is 0 Å². The van der Waals surface area contributed by atoms with E-state index in [-0.39, 0.29) is 16.6 Å². The molecule has 130 valence electrons. The van der Waals surface area contributed by atoms with Gasteiger partial charge >= 0.3 is 0 Å². The fraction of sp³-hybridized carbons (Fsp3) is 0.562. The molecule has 0 fully saturated rings. The molecule has 0 spiro atoms. The quantitative estimate of drug-likeness (QED) is 0.625. The van der Waals surface area contributed by atoms with E-state index in [2.05, 4.69) is 17.6 Å². The summed E-state index contributed by atoms with van der Waals surface area (Å²) in [6.45, 7) is 5.76. The van der Waals surface area contributed by atoms with Gasteiger partial charge in [0, 0.05) is 19.0 Å². The second kappa shape index (κ2) is 9.52. The SMILES string of the molecule is CCCNCCNC(=O)C(C)CS(=O)(=O)c1ccc(OC)cc1. The molecule has 1 amide bonds. The summed E-state index contributed by atoms with van der Waals surface area (Å²) in [6, 6.07) is 6.18. The van der Waals surface area contributed by atoms with Gasteiger partial charge in [0.25, 0.3) is 0 Å². The smallest absolute Gasteiger partial charge is 0.223 e. The van der Waals surface area contributed by atoms with Gasteiger partial charge in [0.2, 0.25) is 5.91 Å². The lowest BCUT2D eigenvalue weighted by atomic mass is 10.2. The van der Waals surface area contributed by atoms with E-state index in [0.29, 0.717) is 18.8 Å². The Balaban J connectivity index is 2.53. The van der Waals surface area contributed by atoms with E-state index in [1.807, 2.05) is 0 Å². The molecule has 0 saturated carbocycles. The number of hydrogen-bond acceptors (Lipinski definition) is 5. The number of carbonyl (C=O) groups is 1. The summed E-state index contributed by atoms with van der Waals surface area (Å²) in [7, 11) is -1.98. The van der Waals surface area contributed by atoms with Gasteiger partial charge in [-0.05, 0) is 37.2 Å². The van der Waals surface area contributed by atoms with Crippen LogP contribution in [0.4, 0.5) is 0 Å². The van der Waals surface area contributed by atoms with Crippen LogP contribution in [0.5, 0.6) is 5.75 Å². The first-order valence-corrected chi connectivity index (χ1v) is 9.41. The Labute approximate surface area is 138 Å². The first-order chi connectivity index (χ1) is 10.9. The highest BCUT2D eigenvalue weighted by atomic mass is 32.2. The molecule has 1 unspecified atom stereocenters. The molecule has 0 aliphatic heterocycles. The average Bonchev–Trinajstić information content (AvgIpc) is 2.54. The van der Waals surface area contributed by atoms with Gasteiger partial charge in [-0.2, -0.15) is 0 Å². The summed E-state index contributed by atoms with van der Waals surface area (Å²) >= 11 is 0. The molecule has 0 saturated heterocycles. The van der Waals surface area contributed by atoms with Crippen LogP contribution in [0.25, 0.3) is 0 Å². The van der Waals surface area contributed by atoms with Crippen molar-refractivity contribution < 1.29 is 17.9 Å². The molecule has 0 bridgehead atoms. The van der Waals surface area contributed by atoms with E-state index in [1.165, 1.54) is 19.2 Å². The van der Waals surface area contributed by atoms with Crippen LogP contribution in [0, 0.1) is 5.92 Å². The number of sulfone groups is 1. The molecule has 23 heavy (non-hydrogen) atoms. The summed E-state index contributed by atoms with van der Waals surface area (Å²) in [6.07, 6.45) is 1.03. The molecule has 1 aromatic carbocycles. The number of amides is 1. The predicted octanol–water partition coefficient (Wildman–Crippen LogP) is 1.22. The normalized spacial score (nSPS) is 12.7. The Hall–Kier alpha value is -1.60. The Morgan fingerprint density at radius 2 is 1.83 bits per heavy atom. The van der Waals surface area contributed by atoms with E-state index in [4.69, 9.17) is 4.74 Å². The molecular weight excluding hydrogens is 316 g/mol. The van der Waals surface area contributed by atoms with Crippen molar-refractivity contribution in [3.8, 4) is 5.75 Å². The minimum Gasteiger partial charge on any atom is -0.497 e. The summed E-state index contributed by atoms with van der Waals surface area (Å²) < 4.78 is 29.7. The van der Waals surface area contributed by atoms with Crippen molar-refractivity contribution in [3.63, 3.8) is 0 Å². The van der Waals surface area contributed by atoms with Gasteiger partial charge in [-0.15, -0.1) is 0 Å². The maximum atomic E-state index is 12.3. The van der Waals surface area contributed by atoms with Gasteiger partial charge in [-0.3, -0.25) is 4.79 Å². The van der Waals surface area contributed by atoms with Gasteiger partial charge in [-0.25, -0.2) is 8.42 Å². The van der Waals surface area contributed by atoms with Crippen molar-refractivity contribution in [2.24, 2.45) is 5.92 Å². The molecule has 2 N–H and O–H groups in total. The van der Waals surface area contributed by atoms with Gasteiger partial charge in [0.1, 0.15) is 5.75 Å². The van der Waals surface area contributed by atoms with E-state index < -0.39 is 15.8 Å². The molecule has 0 aliphatic rings. The number of carbonyl (C=O) groups excluding carboxylic acids is 1. The third-order valence-corrected chi connectivity index (χ3v) is 5.29. The molecule has 1 aromatic rings. The molecule has 1 atom stereocenters. The van der Waals surface area contributed by atoms with Gasteiger partial charge in [0.05, 0.1) is 17.8 Å². The largest absolute Gasteiger partial charge is 0.497 e. The van der Waals surface area contributed by atoms with E-state index >= 15 is 0 Å². The summed E-state index contributed by atoms with van der Waals surface area (Å²) in [5.41, 5.74) is 0. The second-order valence-corrected chi connectivity index (χ2v) is 7.43. The zero-order chi connectivity index (χ0) is 17.3. The zero-order valence-corrected chi connectivity index (χ0v) is 14.8. The number of benzene rings is 1. The third kappa shape index (κ3) is 6.58. The monoisotopic (exact) mass is 342 g/mol. The van der Waals surface area contributed by atoms with Crippen molar-refractivity contribution in [1.82, 2.24) is 10.6 Å². The maximum absolute atomic E-state index is 12.3. The molecule has 0 aliphatic carbocycles. The first-order valence-electron chi connectivity index (χ1n) is 7.76. The lowest BCUT2D eigenvalue weighted by molar-refractivity contribution is -0.123. The Morgan fingerprint density at radius 3 is 2.39 bits per heavy atom. The van der Waals surface area contributed by atoms with Crippen molar-refractivity contribution in [2.75, 3.05) is 32.5 Å². The standard InChI is InChI=1S/C16H26N2O4S/c1-4-9-17-10-11-18-16(19)13(2)12-23(20,21)15-7-5-14(22-3)6-8-15/h5-8,13,17H,4,9-12H2,1-3H3,(H,18,19). The number of ether oxygens (including phenoxy) is 1. The average molecular weight is 342 g/mol. The number of rotatable bonds is 10. The van der Waals surface area contributed by atoms with Crippen LogP contribution in [0.15, 0.2) is 29.2 Å². The van der Waals surface area contributed by atoms with Crippen molar-refractivity contribution in [2.45, 2.75) is 25.2 Å². The summed E-state index contributed by atoms with van der Waals surface area (Å²) in [5.74, 6) is -0.476. The highest BCUT2D eigenvalue weighted by Crippen LogP contribution is 2.18. The Bertz CT molecular complexity index is 585. The maximum Gasteiger partial charge on any atom is 0.223 e. The van der Waals surface area contributed by atoms with Crippen LogP contribution in [0.1, 0.15) is 20.3 Å². The predicted molar refractivity (Wildman–Crippen MR) is 90.4 cm³/mol. The van der Waals surface area contributed by atoms with Crippen LogP contribution in [0.2, 0.25) is 0 Å².